The lowest BCUT2D eigenvalue weighted by Crippen LogP contribution is -2.66. The molecule has 0 radical (unpaired) electrons. The largest absolute Gasteiger partial charge is 0.395 e. The molecule has 0 aromatic rings. The third kappa shape index (κ3) is 1.72. The second-order valence-corrected chi connectivity index (χ2v) is 9.83. The average molecular weight is 334 g/mol. The Hall–Kier alpha value is -0.710. The zero-order valence-electron chi connectivity index (χ0n) is 15.0. The SMILES string of the molecule is CC1(C)CC[C@H](O)[C@]2(C)C1C[C@H](O)[C@]13C=C[C@](CO)(C1)C(=O)CC23. The second-order valence-electron chi connectivity index (χ2n) is 9.83. The fourth-order valence-electron chi connectivity index (χ4n) is 7.00. The summed E-state index contributed by atoms with van der Waals surface area (Å²) in [6.07, 6.45) is 6.13. The summed E-state index contributed by atoms with van der Waals surface area (Å²) in [5, 5.41) is 32.0. The fraction of sp³-hybridized carbons (Fsp3) is 0.850. The predicted molar refractivity (Wildman–Crippen MR) is 90.1 cm³/mol. The highest BCUT2D eigenvalue weighted by atomic mass is 16.3. The van der Waals surface area contributed by atoms with Gasteiger partial charge in [-0.25, -0.2) is 0 Å². The summed E-state index contributed by atoms with van der Waals surface area (Å²) >= 11 is 0. The van der Waals surface area contributed by atoms with Crippen molar-refractivity contribution in [3.63, 3.8) is 0 Å². The molecule has 24 heavy (non-hydrogen) atoms. The number of rotatable bonds is 1. The molecule has 134 valence electrons. The third-order valence-electron chi connectivity index (χ3n) is 8.51. The van der Waals surface area contributed by atoms with Crippen molar-refractivity contribution in [2.45, 2.75) is 65.1 Å². The Morgan fingerprint density at radius 1 is 1.12 bits per heavy atom. The van der Waals surface area contributed by atoms with E-state index >= 15 is 0 Å². The van der Waals surface area contributed by atoms with Crippen molar-refractivity contribution in [3.05, 3.63) is 12.2 Å². The molecule has 0 saturated heterocycles. The number of carbonyl (C=O) groups is 1. The summed E-state index contributed by atoms with van der Waals surface area (Å²) in [4.78, 5) is 12.9. The summed E-state index contributed by atoms with van der Waals surface area (Å²) in [5.41, 5.74) is -1.60. The lowest BCUT2D eigenvalue weighted by Gasteiger charge is -2.66. The molecule has 2 unspecified atom stereocenters. The summed E-state index contributed by atoms with van der Waals surface area (Å²) < 4.78 is 0. The molecule has 1 spiro atoms. The normalized spacial score (nSPS) is 55.2. The number of aliphatic hydroxyl groups is 3. The number of fused-ring (bicyclic) bond motifs is 3. The van der Waals surface area contributed by atoms with Crippen LogP contribution in [-0.2, 0) is 4.79 Å². The Bertz CT molecular complexity index is 611. The van der Waals surface area contributed by atoms with Gasteiger partial charge in [0.2, 0.25) is 0 Å². The molecule has 0 aromatic carbocycles. The van der Waals surface area contributed by atoms with Crippen LogP contribution in [0.3, 0.4) is 0 Å². The molecule has 4 heteroatoms. The van der Waals surface area contributed by atoms with Crippen molar-refractivity contribution < 1.29 is 20.1 Å². The number of hydrogen-bond donors (Lipinski definition) is 3. The van der Waals surface area contributed by atoms with Crippen molar-refractivity contribution in [1.29, 1.82) is 0 Å². The van der Waals surface area contributed by atoms with Crippen LogP contribution in [-0.4, -0.2) is 39.9 Å². The standard InChI is InChI=1S/C20H30O4/c1-17(2)5-4-14(22)18(3)12(17)8-16(24)20-7-6-19(10-20,11-21)15(23)9-13(18)20/h6-7,12-14,16,21-22,24H,4-5,8-11H2,1-3H3/t12?,13?,14-,16-,18+,19+,20+/m0/s1. The van der Waals surface area contributed by atoms with Crippen molar-refractivity contribution in [1.82, 2.24) is 0 Å². The van der Waals surface area contributed by atoms with Crippen molar-refractivity contribution in [2.75, 3.05) is 6.61 Å². The van der Waals surface area contributed by atoms with E-state index in [4.69, 9.17) is 0 Å². The highest BCUT2D eigenvalue weighted by Gasteiger charge is 2.70. The van der Waals surface area contributed by atoms with Crippen LogP contribution in [0.4, 0.5) is 0 Å². The molecule has 4 aliphatic carbocycles. The van der Waals surface area contributed by atoms with Gasteiger partial charge in [0.1, 0.15) is 5.78 Å². The molecule has 2 bridgehead atoms. The summed E-state index contributed by atoms with van der Waals surface area (Å²) in [7, 11) is 0. The first-order valence-corrected chi connectivity index (χ1v) is 9.33. The van der Waals surface area contributed by atoms with E-state index < -0.39 is 23.0 Å². The lowest BCUT2D eigenvalue weighted by atomic mass is 9.39. The van der Waals surface area contributed by atoms with Crippen LogP contribution >= 0.6 is 0 Å². The topological polar surface area (TPSA) is 77.8 Å². The fourth-order valence-corrected chi connectivity index (χ4v) is 7.00. The zero-order chi connectivity index (χ0) is 17.5. The average Bonchev–Trinajstić information content (AvgIpc) is 2.88. The first-order chi connectivity index (χ1) is 11.1. The maximum absolute atomic E-state index is 12.9. The minimum atomic E-state index is -0.810. The Labute approximate surface area is 144 Å². The number of ketones is 1. The van der Waals surface area contributed by atoms with E-state index in [1.54, 1.807) is 0 Å². The van der Waals surface area contributed by atoms with Gasteiger partial charge in [-0.1, -0.05) is 32.9 Å². The Balaban J connectivity index is 1.85. The molecule has 0 aliphatic heterocycles. The summed E-state index contributed by atoms with van der Waals surface area (Å²) in [5.74, 6) is 0.214. The maximum Gasteiger partial charge on any atom is 0.145 e. The Morgan fingerprint density at radius 2 is 1.83 bits per heavy atom. The Kier molecular flexibility index (Phi) is 3.29. The quantitative estimate of drug-likeness (QED) is 0.642. The van der Waals surface area contributed by atoms with Gasteiger partial charge in [0.05, 0.1) is 24.2 Å². The van der Waals surface area contributed by atoms with E-state index in [0.29, 0.717) is 19.3 Å². The molecule has 3 saturated carbocycles. The predicted octanol–water partition coefficient (Wildman–Crippen LogP) is 2.07. The molecule has 3 N–H and O–H groups in total. The van der Waals surface area contributed by atoms with Crippen LogP contribution < -0.4 is 0 Å². The van der Waals surface area contributed by atoms with Gasteiger partial charge in [-0.3, -0.25) is 4.79 Å². The molecule has 4 aliphatic rings. The van der Waals surface area contributed by atoms with Gasteiger partial charge >= 0.3 is 0 Å². The van der Waals surface area contributed by atoms with Gasteiger partial charge in [-0.15, -0.1) is 0 Å². The minimum Gasteiger partial charge on any atom is -0.395 e. The van der Waals surface area contributed by atoms with Crippen LogP contribution in [0.1, 0.15) is 52.9 Å². The van der Waals surface area contributed by atoms with E-state index in [1.165, 1.54) is 0 Å². The minimum absolute atomic E-state index is 0.0491. The number of aliphatic hydroxyl groups excluding tert-OH is 3. The van der Waals surface area contributed by atoms with Gasteiger partial charge in [0.25, 0.3) is 0 Å². The number of Topliss-reactive ketones (excluding diaryl/α,β-unsaturated/α-hetero) is 1. The van der Waals surface area contributed by atoms with E-state index in [9.17, 15) is 20.1 Å². The van der Waals surface area contributed by atoms with Gasteiger partial charge < -0.3 is 15.3 Å². The molecule has 0 aromatic heterocycles. The molecule has 0 heterocycles. The number of carbonyl (C=O) groups excluding carboxylic acids is 1. The molecular formula is C20H30O4. The van der Waals surface area contributed by atoms with Crippen LogP contribution in [0, 0.1) is 33.5 Å². The van der Waals surface area contributed by atoms with Crippen LogP contribution in [0.2, 0.25) is 0 Å². The zero-order valence-corrected chi connectivity index (χ0v) is 15.0. The molecular weight excluding hydrogens is 304 g/mol. The highest BCUT2D eigenvalue weighted by molar-refractivity contribution is 5.89. The van der Waals surface area contributed by atoms with E-state index in [2.05, 4.69) is 20.8 Å². The molecule has 3 fully saturated rings. The Morgan fingerprint density at radius 3 is 2.50 bits per heavy atom. The first-order valence-electron chi connectivity index (χ1n) is 9.33. The van der Waals surface area contributed by atoms with E-state index in [0.717, 1.165) is 12.8 Å². The smallest absolute Gasteiger partial charge is 0.145 e. The van der Waals surface area contributed by atoms with Crippen molar-refractivity contribution >= 4 is 5.78 Å². The summed E-state index contributed by atoms with van der Waals surface area (Å²) in [6.45, 7) is 6.43. The van der Waals surface area contributed by atoms with Gasteiger partial charge in [0, 0.05) is 17.3 Å². The lowest BCUT2D eigenvalue weighted by molar-refractivity contribution is -0.227. The van der Waals surface area contributed by atoms with Crippen molar-refractivity contribution in [2.24, 2.45) is 33.5 Å². The number of hydrogen-bond acceptors (Lipinski definition) is 4. The van der Waals surface area contributed by atoms with Crippen LogP contribution in [0.5, 0.6) is 0 Å². The van der Waals surface area contributed by atoms with E-state index in [-0.39, 0.29) is 35.1 Å². The van der Waals surface area contributed by atoms with Crippen LogP contribution in [0.25, 0.3) is 0 Å². The molecule has 4 nitrogen and oxygen atoms in total. The maximum atomic E-state index is 12.9. The first kappa shape index (κ1) is 16.7. The van der Waals surface area contributed by atoms with Crippen LogP contribution in [0.15, 0.2) is 12.2 Å². The third-order valence-corrected chi connectivity index (χ3v) is 8.51. The monoisotopic (exact) mass is 334 g/mol. The van der Waals surface area contributed by atoms with Gasteiger partial charge in [0.15, 0.2) is 0 Å². The van der Waals surface area contributed by atoms with Gasteiger partial charge in [-0.2, -0.15) is 0 Å². The molecule has 0 amide bonds. The molecule has 7 atom stereocenters. The van der Waals surface area contributed by atoms with E-state index in [1.807, 2.05) is 12.2 Å². The van der Waals surface area contributed by atoms with Crippen molar-refractivity contribution in [3.8, 4) is 0 Å². The summed E-state index contributed by atoms with van der Waals surface area (Å²) in [6, 6.07) is 0. The molecule has 4 rings (SSSR count). The second kappa shape index (κ2) is 4.72. The van der Waals surface area contributed by atoms with Gasteiger partial charge in [-0.05, 0) is 42.9 Å². The highest BCUT2D eigenvalue weighted by Crippen LogP contribution is 2.70.